The van der Waals surface area contributed by atoms with Crippen LogP contribution in [0.2, 0.25) is 0 Å². The fourth-order valence-electron chi connectivity index (χ4n) is 1.86. The van der Waals surface area contributed by atoms with Crippen molar-refractivity contribution in [3.8, 4) is 0 Å². The van der Waals surface area contributed by atoms with Crippen LogP contribution in [0.25, 0.3) is 0 Å². The van der Waals surface area contributed by atoms with E-state index in [1.165, 1.54) is 12.3 Å². The van der Waals surface area contributed by atoms with Crippen molar-refractivity contribution in [2.24, 2.45) is 18.2 Å². The van der Waals surface area contributed by atoms with Crippen LogP contribution in [-0.4, -0.2) is 34.6 Å². The molecule has 1 rings (SSSR count). The summed E-state index contributed by atoms with van der Waals surface area (Å²) in [4.78, 5) is 23.0. The molecule has 0 fully saturated rings. The molecule has 1 heterocycles. The molecule has 0 radical (unpaired) electrons. The molecule has 1 aromatic rings. The maximum atomic E-state index is 12.0. The van der Waals surface area contributed by atoms with E-state index in [9.17, 15) is 9.59 Å². The predicted octanol–water partition coefficient (Wildman–Crippen LogP) is 0.652. The first kappa shape index (κ1) is 16.2. The molecule has 0 atom stereocenters. The number of aromatic nitrogens is 1. The van der Waals surface area contributed by atoms with Crippen molar-refractivity contribution in [1.29, 1.82) is 0 Å². The van der Waals surface area contributed by atoms with E-state index in [4.69, 9.17) is 10.8 Å². The van der Waals surface area contributed by atoms with Gasteiger partial charge in [0, 0.05) is 26.4 Å². The van der Waals surface area contributed by atoms with Gasteiger partial charge in [0.05, 0.1) is 5.56 Å². The van der Waals surface area contributed by atoms with Crippen LogP contribution in [0.15, 0.2) is 12.3 Å². The summed E-state index contributed by atoms with van der Waals surface area (Å²) in [5.74, 6) is -0.786. The maximum Gasteiger partial charge on any atom is 0.267 e. The van der Waals surface area contributed by atoms with E-state index in [0.717, 1.165) is 12.8 Å². The summed E-state index contributed by atoms with van der Waals surface area (Å²) < 4.78 is 1.58. The zero-order valence-corrected chi connectivity index (χ0v) is 12.3. The highest BCUT2D eigenvalue weighted by atomic mass is 16.3. The second-order valence-corrected chi connectivity index (χ2v) is 5.77. The minimum absolute atomic E-state index is 0.126. The van der Waals surface area contributed by atoms with Gasteiger partial charge in [-0.25, -0.2) is 0 Å². The van der Waals surface area contributed by atoms with Crippen molar-refractivity contribution in [2.45, 2.75) is 26.7 Å². The third-order valence-corrected chi connectivity index (χ3v) is 3.27. The molecule has 1 aromatic heterocycles. The number of aliphatic hydroxyl groups excluding tert-OH is 1. The van der Waals surface area contributed by atoms with Gasteiger partial charge in [0.15, 0.2) is 0 Å². The van der Waals surface area contributed by atoms with Crippen LogP contribution in [0.4, 0.5) is 0 Å². The van der Waals surface area contributed by atoms with Crippen LogP contribution in [0.1, 0.15) is 47.5 Å². The summed E-state index contributed by atoms with van der Waals surface area (Å²) in [7, 11) is 1.69. The molecule has 0 aromatic carbocycles. The van der Waals surface area contributed by atoms with Crippen molar-refractivity contribution in [3.63, 3.8) is 0 Å². The van der Waals surface area contributed by atoms with E-state index < -0.39 is 5.91 Å². The number of carbonyl (C=O) groups excluding carboxylic acids is 2. The Labute approximate surface area is 119 Å². The van der Waals surface area contributed by atoms with Crippen LogP contribution in [0.3, 0.4) is 0 Å². The van der Waals surface area contributed by atoms with Crippen LogP contribution in [0.5, 0.6) is 0 Å². The smallest absolute Gasteiger partial charge is 0.267 e. The largest absolute Gasteiger partial charge is 0.396 e. The van der Waals surface area contributed by atoms with Gasteiger partial charge in [0.2, 0.25) is 5.91 Å². The Kier molecular flexibility index (Phi) is 5.33. The summed E-state index contributed by atoms with van der Waals surface area (Å²) in [6.45, 7) is 4.61. The lowest BCUT2D eigenvalue weighted by Crippen LogP contribution is -2.27. The minimum atomic E-state index is -0.552. The second-order valence-electron chi connectivity index (χ2n) is 5.77. The van der Waals surface area contributed by atoms with Gasteiger partial charge < -0.3 is 20.7 Å². The number of nitrogens with zero attached hydrogens (tertiary/aromatic N) is 1. The minimum Gasteiger partial charge on any atom is -0.396 e. The van der Waals surface area contributed by atoms with E-state index in [0.29, 0.717) is 17.8 Å². The van der Waals surface area contributed by atoms with Crippen molar-refractivity contribution >= 4 is 11.8 Å². The summed E-state index contributed by atoms with van der Waals surface area (Å²) in [5.41, 5.74) is 5.76. The Hall–Kier alpha value is -1.82. The van der Waals surface area contributed by atoms with Crippen LogP contribution in [-0.2, 0) is 7.05 Å². The van der Waals surface area contributed by atoms with Gasteiger partial charge >= 0.3 is 0 Å². The molecule has 0 saturated heterocycles. The molecule has 112 valence electrons. The standard InChI is InChI=1S/C14H23N3O3/c1-14(2,9-18)5-4-6-16-13(20)11-7-10(12(15)19)8-17(11)3/h7-8,18H,4-6,9H2,1-3H3,(H2,15,19)(H,16,20). The Balaban J connectivity index is 2.49. The highest BCUT2D eigenvalue weighted by Crippen LogP contribution is 2.20. The number of carbonyl (C=O) groups is 2. The Morgan fingerprint density at radius 3 is 2.60 bits per heavy atom. The van der Waals surface area contributed by atoms with Crippen molar-refractivity contribution in [1.82, 2.24) is 9.88 Å². The number of rotatable bonds is 7. The Morgan fingerprint density at radius 1 is 1.45 bits per heavy atom. The molecule has 0 aliphatic carbocycles. The van der Waals surface area contributed by atoms with Crippen molar-refractivity contribution < 1.29 is 14.7 Å². The number of primary amides is 1. The van der Waals surface area contributed by atoms with Gasteiger partial charge in [-0.2, -0.15) is 0 Å². The highest BCUT2D eigenvalue weighted by molar-refractivity contribution is 5.98. The molecule has 0 saturated carbocycles. The lowest BCUT2D eigenvalue weighted by molar-refractivity contribution is 0.0940. The molecule has 20 heavy (non-hydrogen) atoms. The fraction of sp³-hybridized carbons (Fsp3) is 0.571. The normalized spacial score (nSPS) is 11.4. The van der Waals surface area contributed by atoms with Crippen molar-refractivity contribution in [2.75, 3.05) is 13.2 Å². The SMILES string of the molecule is Cn1cc(C(N)=O)cc1C(=O)NCCCC(C)(C)CO. The van der Waals surface area contributed by atoms with Gasteiger partial charge in [0.25, 0.3) is 5.91 Å². The van der Waals surface area contributed by atoms with Crippen molar-refractivity contribution in [3.05, 3.63) is 23.5 Å². The number of hydrogen-bond donors (Lipinski definition) is 3. The third-order valence-electron chi connectivity index (χ3n) is 3.27. The summed E-state index contributed by atoms with van der Waals surface area (Å²) >= 11 is 0. The zero-order valence-electron chi connectivity index (χ0n) is 12.3. The first-order valence-electron chi connectivity index (χ1n) is 6.62. The lowest BCUT2D eigenvalue weighted by atomic mass is 9.89. The van der Waals surface area contributed by atoms with Crippen LogP contribution in [0, 0.1) is 5.41 Å². The summed E-state index contributed by atoms with van der Waals surface area (Å²) in [6, 6.07) is 1.48. The van der Waals surface area contributed by atoms with E-state index in [1.54, 1.807) is 11.6 Å². The molecular formula is C14H23N3O3. The molecule has 0 spiro atoms. The van der Waals surface area contributed by atoms with Gasteiger partial charge in [-0.3, -0.25) is 9.59 Å². The number of aryl methyl sites for hydroxylation is 1. The Bertz CT molecular complexity index is 492. The average molecular weight is 281 g/mol. The van der Waals surface area contributed by atoms with Gasteiger partial charge in [0.1, 0.15) is 5.69 Å². The molecule has 2 amide bonds. The van der Waals surface area contributed by atoms with Gasteiger partial charge in [-0.1, -0.05) is 13.8 Å². The third kappa shape index (κ3) is 4.38. The molecule has 6 nitrogen and oxygen atoms in total. The number of nitrogens with one attached hydrogen (secondary N) is 1. The predicted molar refractivity (Wildman–Crippen MR) is 76.4 cm³/mol. The number of nitrogens with two attached hydrogens (primary N) is 1. The number of hydrogen-bond acceptors (Lipinski definition) is 3. The molecular weight excluding hydrogens is 258 g/mol. The van der Waals surface area contributed by atoms with Crippen LogP contribution < -0.4 is 11.1 Å². The Morgan fingerprint density at radius 2 is 2.10 bits per heavy atom. The number of aliphatic hydroxyl groups is 1. The monoisotopic (exact) mass is 281 g/mol. The van der Waals surface area contributed by atoms with Crippen LogP contribution >= 0.6 is 0 Å². The highest BCUT2D eigenvalue weighted by Gasteiger charge is 2.17. The van der Waals surface area contributed by atoms with E-state index in [2.05, 4.69) is 5.32 Å². The summed E-state index contributed by atoms with van der Waals surface area (Å²) in [6.07, 6.45) is 3.14. The first-order chi connectivity index (χ1) is 9.26. The maximum absolute atomic E-state index is 12.0. The molecule has 0 bridgehead atoms. The van der Waals surface area contributed by atoms with E-state index in [-0.39, 0.29) is 17.9 Å². The molecule has 0 unspecified atom stereocenters. The van der Waals surface area contributed by atoms with E-state index >= 15 is 0 Å². The lowest BCUT2D eigenvalue weighted by Gasteiger charge is -2.21. The molecule has 4 N–H and O–H groups in total. The van der Waals surface area contributed by atoms with Gasteiger partial charge in [-0.05, 0) is 24.3 Å². The summed E-state index contributed by atoms with van der Waals surface area (Å²) in [5, 5.41) is 11.9. The first-order valence-corrected chi connectivity index (χ1v) is 6.62. The number of amides is 2. The van der Waals surface area contributed by atoms with E-state index in [1.807, 2.05) is 13.8 Å². The fourth-order valence-corrected chi connectivity index (χ4v) is 1.86. The molecule has 6 heteroatoms. The second kappa shape index (κ2) is 6.56. The van der Waals surface area contributed by atoms with Gasteiger partial charge in [-0.15, -0.1) is 0 Å². The molecule has 0 aliphatic rings. The zero-order chi connectivity index (χ0) is 15.3. The average Bonchev–Trinajstić information content (AvgIpc) is 2.77. The quantitative estimate of drug-likeness (QED) is 0.640. The topological polar surface area (TPSA) is 97.4 Å². The molecule has 0 aliphatic heterocycles.